The van der Waals surface area contributed by atoms with Crippen LogP contribution in [0.4, 0.5) is 0 Å². The smallest absolute Gasteiger partial charge is 0.243 e. The van der Waals surface area contributed by atoms with Crippen LogP contribution in [-0.4, -0.2) is 31.7 Å². The van der Waals surface area contributed by atoms with E-state index in [1.807, 2.05) is 0 Å². The van der Waals surface area contributed by atoms with Crippen molar-refractivity contribution in [2.75, 3.05) is 13.1 Å². The summed E-state index contributed by atoms with van der Waals surface area (Å²) in [5, 5.41) is 4.02. The first-order chi connectivity index (χ1) is 12.2. The van der Waals surface area contributed by atoms with Gasteiger partial charge in [-0.1, -0.05) is 47.8 Å². The molecule has 0 saturated carbocycles. The van der Waals surface area contributed by atoms with Gasteiger partial charge in [-0.25, -0.2) is 8.42 Å². The van der Waals surface area contributed by atoms with E-state index in [4.69, 9.17) is 34.8 Å². The summed E-state index contributed by atoms with van der Waals surface area (Å²) in [6, 6.07) is 10.7. The third kappa shape index (κ3) is 5.34. The Balaban J connectivity index is 2.04. The Labute approximate surface area is 167 Å². The molecule has 0 aromatic heterocycles. The van der Waals surface area contributed by atoms with Gasteiger partial charge in [0.05, 0.1) is 11.4 Å². The maximum atomic E-state index is 12.6. The van der Waals surface area contributed by atoms with E-state index in [9.17, 15) is 13.2 Å². The summed E-state index contributed by atoms with van der Waals surface area (Å²) in [4.78, 5) is 12.3. The van der Waals surface area contributed by atoms with Crippen LogP contribution in [0.2, 0.25) is 15.1 Å². The molecule has 26 heavy (non-hydrogen) atoms. The number of carbonyl (C=O) groups excluding carboxylic acids is 1. The van der Waals surface area contributed by atoms with Gasteiger partial charge in [-0.05, 0) is 42.0 Å². The molecule has 2 aromatic carbocycles. The number of amides is 1. The van der Waals surface area contributed by atoms with Crippen LogP contribution in [0.1, 0.15) is 12.5 Å². The number of likely N-dealkylation sites (N-methyl/N-ethyl adjacent to an activating group) is 1. The molecule has 9 heteroatoms. The minimum atomic E-state index is -3.79. The van der Waals surface area contributed by atoms with Crippen molar-refractivity contribution in [2.45, 2.75) is 18.4 Å². The molecule has 0 fully saturated rings. The lowest BCUT2D eigenvalue weighted by Gasteiger charge is -2.20. The van der Waals surface area contributed by atoms with Gasteiger partial charge < -0.3 is 5.32 Å². The van der Waals surface area contributed by atoms with E-state index in [1.54, 1.807) is 25.1 Å². The Bertz CT molecular complexity index is 887. The lowest BCUT2D eigenvalue weighted by molar-refractivity contribution is -0.121. The quantitative estimate of drug-likeness (QED) is 0.715. The second kappa shape index (κ2) is 9.06. The molecule has 1 amide bonds. The summed E-state index contributed by atoms with van der Waals surface area (Å²) >= 11 is 17.7. The Kier molecular flexibility index (Phi) is 7.32. The number of halogens is 3. The highest BCUT2D eigenvalue weighted by molar-refractivity contribution is 7.89. The molecule has 0 spiro atoms. The van der Waals surface area contributed by atoms with Crippen LogP contribution in [0.5, 0.6) is 0 Å². The standard InChI is InChI=1S/C17H17Cl3N2O3S/c1-2-22(26(24,25)15-7-5-13(18)6-8-15)11-17(23)21-10-12-3-4-14(19)9-16(12)20/h3-9H,2,10-11H2,1H3,(H,21,23). The van der Waals surface area contributed by atoms with Crippen molar-refractivity contribution in [1.82, 2.24) is 9.62 Å². The number of hydrogen-bond donors (Lipinski definition) is 1. The third-order valence-corrected chi connectivity index (χ3v) is 6.39. The van der Waals surface area contributed by atoms with Gasteiger partial charge in [0, 0.05) is 28.2 Å². The summed E-state index contributed by atoms with van der Waals surface area (Å²) in [6.45, 7) is 1.69. The molecule has 0 aliphatic rings. The minimum Gasteiger partial charge on any atom is -0.351 e. The number of rotatable bonds is 7. The van der Waals surface area contributed by atoms with Gasteiger partial charge >= 0.3 is 0 Å². The predicted molar refractivity (Wildman–Crippen MR) is 104 cm³/mol. The van der Waals surface area contributed by atoms with Crippen LogP contribution in [0.3, 0.4) is 0 Å². The molecule has 0 aliphatic carbocycles. The molecule has 5 nitrogen and oxygen atoms in total. The summed E-state index contributed by atoms with van der Waals surface area (Å²) < 4.78 is 26.4. The average Bonchev–Trinajstić information content (AvgIpc) is 2.59. The van der Waals surface area contributed by atoms with Gasteiger partial charge in [-0.2, -0.15) is 4.31 Å². The third-order valence-electron chi connectivity index (χ3n) is 3.62. The fourth-order valence-corrected chi connectivity index (χ4v) is 4.20. The number of carbonyl (C=O) groups is 1. The van der Waals surface area contributed by atoms with E-state index >= 15 is 0 Å². The zero-order chi connectivity index (χ0) is 19.3. The highest BCUT2D eigenvalue weighted by Crippen LogP contribution is 2.21. The lowest BCUT2D eigenvalue weighted by atomic mass is 10.2. The molecule has 0 heterocycles. The Morgan fingerprint density at radius 2 is 1.65 bits per heavy atom. The van der Waals surface area contributed by atoms with Crippen molar-refractivity contribution in [3.8, 4) is 0 Å². The van der Waals surface area contributed by atoms with Gasteiger partial charge in [0.15, 0.2) is 0 Å². The molecule has 2 rings (SSSR count). The first kappa shape index (κ1) is 21.0. The maximum absolute atomic E-state index is 12.6. The van der Waals surface area contributed by atoms with Gasteiger partial charge in [0.2, 0.25) is 15.9 Å². The minimum absolute atomic E-state index is 0.0808. The fourth-order valence-electron chi connectivity index (χ4n) is 2.20. The van der Waals surface area contributed by atoms with Gasteiger partial charge in [0.25, 0.3) is 0 Å². The summed E-state index contributed by atoms with van der Waals surface area (Å²) in [7, 11) is -3.79. The molecular formula is C17H17Cl3N2O3S. The second-order valence-corrected chi connectivity index (χ2v) is 8.62. The molecule has 1 N–H and O–H groups in total. The monoisotopic (exact) mass is 434 g/mol. The number of nitrogens with one attached hydrogen (secondary N) is 1. The van der Waals surface area contributed by atoms with Crippen molar-refractivity contribution < 1.29 is 13.2 Å². The predicted octanol–water partition coefficient (Wildman–Crippen LogP) is 3.97. The van der Waals surface area contributed by atoms with Gasteiger partial charge in [-0.3, -0.25) is 4.79 Å². The van der Waals surface area contributed by atoms with Crippen LogP contribution in [-0.2, 0) is 21.4 Å². The lowest BCUT2D eigenvalue weighted by Crippen LogP contribution is -2.40. The molecule has 0 radical (unpaired) electrons. The van der Waals surface area contributed by atoms with Gasteiger partial charge in [0.1, 0.15) is 0 Å². The molecular weight excluding hydrogens is 419 g/mol. The Morgan fingerprint density at radius 3 is 2.23 bits per heavy atom. The van der Waals surface area contributed by atoms with Crippen molar-refractivity contribution in [3.05, 3.63) is 63.1 Å². The van der Waals surface area contributed by atoms with Gasteiger partial charge in [-0.15, -0.1) is 0 Å². The highest BCUT2D eigenvalue weighted by Gasteiger charge is 2.25. The van der Waals surface area contributed by atoms with Crippen molar-refractivity contribution >= 4 is 50.7 Å². The molecule has 0 bridgehead atoms. The van der Waals surface area contributed by atoms with Crippen molar-refractivity contribution in [1.29, 1.82) is 0 Å². The van der Waals surface area contributed by atoms with Crippen LogP contribution < -0.4 is 5.32 Å². The second-order valence-electron chi connectivity index (χ2n) is 5.40. The SMILES string of the molecule is CCN(CC(=O)NCc1ccc(Cl)cc1Cl)S(=O)(=O)c1ccc(Cl)cc1. The van der Waals surface area contributed by atoms with Crippen LogP contribution >= 0.6 is 34.8 Å². The van der Waals surface area contributed by atoms with Crippen molar-refractivity contribution in [2.24, 2.45) is 0 Å². The first-order valence-electron chi connectivity index (χ1n) is 7.70. The van der Waals surface area contributed by atoms with Crippen LogP contribution in [0.15, 0.2) is 47.4 Å². The number of benzene rings is 2. The summed E-state index contributed by atoms with van der Waals surface area (Å²) in [5.41, 5.74) is 0.688. The first-order valence-corrected chi connectivity index (χ1v) is 10.3. The summed E-state index contributed by atoms with van der Waals surface area (Å²) in [6.07, 6.45) is 0. The largest absolute Gasteiger partial charge is 0.351 e. The van der Waals surface area contributed by atoms with Crippen molar-refractivity contribution in [3.63, 3.8) is 0 Å². The van der Waals surface area contributed by atoms with E-state index in [2.05, 4.69) is 5.32 Å². The number of nitrogens with zero attached hydrogens (tertiary/aromatic N) is 1. The number of sulfonamides is 1. The molecule has 0 unspecified atom stereocenters. The maximum Gasteiger partial charge on any atom is 0.243 e. The highest BCUT2D eigenvalue weighted by atomic mass is 35.5. The Morgan fingerprint density at radius 1 is 1.04 bits per heavy atom. The molecule has 140 valence electrons. The topological polar surface area (TPSA) is 66.5 Å². The molecule has 2 aromatic rings. The van der Waals surface area contributed by atoms with E-state index < -0.39 is 15.9 Å². The van der Waals surface area contributed by atoms with Crippen LogP contribution in [0, 0.1) is 0 Å². The summed E-state index contributed by atoms with van der Waals surface area (Å²) in [5.74, 6) is -0.435. The molecule has 0 saturated heterocycles. The van der Waals surface area contributed by atoms with Crippen LogP contribution in [0.25, 0.3) is 0 Å². The zero-order valence-electron chi connectivity index (χ0n) is 13.9. The van der Waals surface area contributed by atoms with E-state index in [0.29, 0.717) is 20.6 Å². The van der Waals surface area contributed by atoms with E-state index in [1.165, 1.54) is 24.3 Å². The normalized spacial score (nSPS) is 11.6. The van der Waals surface area contributed by atoms with E-state index in [0.717, 1.165) is 4.31 Å². The fraction of sp³-hybridized carbons (Fsp3) is 0.235. The van der Waals surface area contributed by atoms with E-state index in [-0.39, 0.29) is 24.5 Å². The zero-order valence-corrected chi connectivity index (χ0v) is 17.0. The molecule has 0 aliphatic heterocycles. The average molecular weight is 436 g/mol. The molecule has 0 atom stereocenters. The number of hydrogen-bond acceptors (Lipinski definition) is 3. The Hall–Kier alpha value is -1.31.